The fraction of sp³-hybridized carbons (Fsp3) is 0.167. The van der Waals surface area contributed by atoms with Crippen LogP contribution in [0, 0.1) is 0 Å². The molecule has 21 heavy (non-hydrogen) atoms. The van der Waals surface area contributed by atoms with Gasteiger partial charge in [0, 0.05) is 34.2 Å². The number of anilines is 1. The summed E-state index contributed by atoms with van der Waals surface area (Å²) in [5.74, 6) is 0.963. The predicted molar refractivity (Wildman–Crippen MR) is 86.1 cm³/mol. The van der Waals surface area contributed by atoms with Crippen molar-refractivity contribution in [3.8, 4) is 5.95 Å². The molecule has 0 amide bonds. The first-order valence-corrected chi connectivity index (χ1v) is 8.01. The van der Waals surface area contributed by atoms with Crippen LogP contribution in [-0.4, -0.2) is 31.6 Å². The number of hydrogen-bond donors (Lipinski definition) is 0. The number of aromatic nitrogens is 5. The fourth-order valence-corrected chi connectivity index (χ4v) is 3.39. The maximum atomic E-state index is 5.99. The van der Waals surface area contributed by atoms with Crippen molar-refractivity contribution in [3.05, 3.63) is 44.8 Å². The minimum Gasteiger partial charge on any atom is -0.339 e. The van der Waals surface area contributed by atoms with E-state index in [-0.39, 0.29) is 5.28 Å². The lowest BCUT2D eigenvalue weighted by Crippen LogP contribution is -2.20. The summed E-state index contributed by atoms with van der Waals surface area (Å²) in [6.07, 6.45) is 5.03. The Labute approximate surface area is 138 Å². The molecule has 0 aliphatic heterocycles. The molecule has 3 aromatic rings. The quantitative estimate of drug-likeness (QED) is 0.690. The Morgan fingerprint density at radius 3 is 2.90 bits per heavy atom. The van der Waals surface area contributed by atoms with E-state index in [9.17, 15) is 0 Å². The fourth-order valence-electron chi connectivity index (χ4n) is 1.73. The molecule has 9 heteroatoms. The van der Waals surface area contributed by atoms with Crippen molar-refractivity contribution in [2.45, 2.75) is 6.54 Å². The average molecular weight is 386 g/mol. The van der Waals surface area contributed by atoms with Gasteiger partial charge in [0.15, 0.2) is 0 Å². The summed E-state index contributed by atoms with van der Waals surface area (Å²) in [6, 6.07) is 2.07. The van der Waals surface area contributed by atoms with E-state index < -0.39 is 0 Å². The maximum absolute atomic E-state index is 5.99. The third-order valence-electron chi connectivity index (χ3n) is 2.68. The van der Waals surface area contributed by atoms with Gasteiger partial charge in [0.05, 0.1) is 6.54 Å². The van der Waals surface area contributed by atoms with E-state index in [1.54, 1.807) is 34.6 Å². The van der Waals surface area contributed by atoms with E-state index in [1.807, 2.05) is 17.3 Å². The molecule has 0 aromatic carbocycles. The van der Waals surface area contributed by atoms with E-state index in [0.29, 0.717) is 18.4 Å². The van der Waals surface area contributed by atoms with Crippen LogP contribution in [-0.2, 0) is 6.54 Å². The number of thiophene rings is 1. The lowest BCUT2D eigenvalue weighted by molar-refractivity contribution is 0.828. The number of imidazole rings is 1. The lowest BCUT2D eigenvalue weighted by Gasteiger charge is -2.16. The molecular weight excluding hydrogens is 376 g/mol. The highest BCUT2D eigenvalue weighted by Crippen LogP contribution is 2.22. The van der Waals surface area contributed by atoms with Gasteiger partial charge in [0.2, 0.25) is 17.2 Å². The molecule has 0 bridgehead atoms. The Morgan fingerprint density at radius 2 is 2.24 bits per heavy atom. The summed E-state index contributed by atoms with van der Waals surface area (Å²) < 4.78 is 2.76. The Morgan fingerprint density at radius 1 is 1.38 bits per heavy atom. The Hall–Kier alpha value is -1.51. The third kappa shape index (κ3) is 3.39. The smallest absolute Gasteiger partial charge is 0.241 e. The maximum Gasteiger partial charge on any atom is 0.241 e. The van der Waals surface area contributed by atoms with E-state index >= 15 is 0 Å². The zero-order chi connectivity index (χ0) is 14.8. The second kappa shape index (κ2) is 6.08. The second-order valence-electron chi connectivity index (χ2n) is 4.26. The third-order valence-corrected chi connectivity index (χ3v) is 4.53. The molecule has 0 radical (unpaired) electrons. The van der Waals surface area contributed by atoms with Gasteiger partial charge in [-0.2, -0.15) is 15.0 Å². The van der Waals surface area contributed by atoms with Crippen molar-refractivity contribution in [2.75, 3.05) is 11.9 Å². The normalized spacial score (nSPS) is 10.8. The number of nitrogens with zero attached hydrogens (tertiary/aromatic N) is 6. The van der Waals surface area contributed by atoms with Crippen molar-refractivity contribution < 1.29 is 0 Å². The van der Waals surface area contributed by atoms with Gasteiger partial charge in [-0.1, -0.05) is 0 Å². The topological polar surface area (TPSA) is 59.7 Å². The van der Waals surface area contributed by atoms with Crippen LogP contribution >= 0.6 is 38.9 Å². The van der Waals surface area contributed by atoms with Crippen LogP contribution in [0.5, 0.6) is 0 Å². The standard InChI is InChI=1S/C12H10BrClN6S/c1-19(5-9-4-8(13)6-21-9)11-16-10(14)17-12(18-11)20-3-2-15-7-20/h2-4,6-7H,5H2,1H3. The van der Waals surface area contributed by atoms with Crippen LogP contribution in [0.25, 0.3) is 5.95 Å². The van der Waals surface area contributed by atoms with Gasteiger partial charge < -0.3 is 4.90 Å². The van der Waals surface area contributed by atoms with Gasteiger partial charge in [-0.15, -0.1) is 11.3 Å². The van der Waals surface area contributed by atoms with Crippen LogP contribution in [0.1, 0.15) is 4.88 Å². The van der Waals surface area contributed by atoms with Gasteiger partial charge in [-0.05, 0) is 33.6 Å². The Balaban J connectivity index is 1.87. The zero-order valence-electron chi connectivity index (χ0n) is 10.9. The van der Waals surface area contributed by atoms with Crippen LogP contribution < -0.4 is 4.90 Å². The molecule has 0 unspecified atom stereocenters. The number of halogens is 2. The van der Waals surface area contributed by atoms with Crippen LogP contribution in [0.2, 0.25) is 5.28 Å². The minimum atomic E-state index is 0.155. The van der Waals surface area contributed by atoms with Gasteiger partial charge in [-0.25, -0.2) is 4.98 Å². The average Bonchev–Trinajstić information content (AvgIpc) is 3.10. The molecule has 3 rings (SSSR count). The summed E-state index contributed by atoms with van der Waals surface area (Å²) in [7, 11) is 1.91. The molecule has 3 heterocycles. The molecule has 0 saturated carbocycles. The molecule has 0 aliphatic rings. The summed E-state index contributed by atoms with van der Waals surface area (Å²) in [5.41, 5.74) is 0. The van der Waals surface area contributed by atoms with Crippen LogP contribution in [0.4, 0.5) is 5.95 Å². The molecular formula is C12H10BrClN6S. The summed E-state index contributed by atoms with van der Waals surface area (Å²) in [4.78, 5) is 19.8. The molecule has 0 atom stereocenters. The van der Waals surface area contributed by atoms with Gasteiger partial charge >= 0.3 is 0 Å². The molecule has 108 valence electrons. The van der Waals surface area contributed by atoms with E-state index in [4.69, 9.17) is 11.6 Å². The first-order valence-electron chi connectivity index (χ1n) is 5.96. The SMILES string of the molecule is CN(Cc1cc(Br)cs1)c1nc(Cl)nc(-n2ccnc2)n1. The number of rotatable bonds is 4. The van der Waals surface area contributed by atoms with Gasteiger partial charge in [-0.3, -0.25) is 4.57 Å². The van der Waals surface area contributed by atoms with E-state index in [2.05, 4.69) is 41.9 Å². The largest absolute Gasteiger partial charge is 0.339 e. The first kappa shape index (κ1) is 14.4. The van der Waals surface area contributed by atoms with Gasteiger partial charge in [0.25, 0.3) is 0 Å². The highest BCUT2D eigenvalue weighted by molar-refractivity contribution is 9.10. The molecule has 0 saturated heterocycles. The first-order chi connectivity index (χ1) is 10.1. The molecule has 0 spiro atoms. The highest BCUT2D eigenvalue weighted by atomic mass is 79.9. The zero-order valence-corrected chi connectivity index (χ0v) is 14.1. The second-order valence-corrected chi connectivity index (χ2v) is 6.51. The van der Waals surface area contributed by atoms with Crippen LogP contribution in [0.3, 0.4) is 0 Å². The molecule has 0 fully saturated rings. The lowest BCUT2D eigenvalue weighted by atomic mass is 10.4. The van der Waals surface area contributed by atoms with E-state index in [0.717, 1.165) is 4.47 Å². The summed E-state index contributed by atoms with van der Waals surface area (Å²) >= 11 is 11.1. The van der Waals surface area contributed by atoms with Crippen molar-refractivity contribution in [2.24, 2.45) is 0 Å². The predicted octanol–water partition coefficient (Wildman–Crippen LogP) is 3.17. The van der Waals surface area contributed by atoms with E-state index in [1.165, 1.54) is 4.88 Å². The molecule has 0 N–H and O–H groups in total. The number of hydrogen-bond acceptors (Lipinski definition) is 6. The van der Waals surface area contributed by atoms with Crippen molar-refractivity contribution in [1.82, 2.24) is 24.5 Å². The van der Waals surface area contributed by atoms with Gasteiger partial charge in [0.1, 0.15) is 6.33 Å². The minimum absolute atomic E-state index is 0.155. The Bertz CT molecular complexity index is 744. The molecule has 0 aliphatic carbocycles. The highest BCUT2D eigenvalue weighted by Gasteiger charge is 2.12. The molecule has 3 aromatic heterocycles. The van der Waals surface area contributed by atoms with Crippen LogP contribution in [0.15, 0.2) is 34.6 Å². The summed E-state index contributed by atoms with van der Waals surface area (Å²) in [5, 5.41) is 2.20. The van der Waals surface area contributed by atoms with Crippen molar-refractivity contribution >= 4 is 44.8 Å². The molecule has 6 nitrogen and oxygen atoms in total. The van der Waals surface area contributed by atoms with Crippen molar-refractivity contribution in [3.63, 3.8) is 0 Å². The monoisotopic (exact) mass is 384 g/mol. The Kier molecular flexibility index (Phi) is 4.18. The summed E-state index contributed by atoms with van der Waals surface area (Å²) in [6.45, 7) is 0.694. The van der Waals surface area contributed by atoms with Crippen molar-refractivity contribution in [1.29, 1.82) is 0 Å².